The van der Waals surface area contributed by atoms with Crippen molar-refractivity contribution in [1.29, 1.82) is 0 Å². The number of carboxylic acids is 1. The molecular weight excluding hydrogens is 266 g/mol. The van der Waals surface area contributed by atoms with Gasteiger partial charge in [-0.05, 0) is 31.0 Å². The third kappa shape index (κ3) is 4.06. The molecule has 4 nitrogen and oxygen atoms in total. The summed E-state index contributed by atoms with van der Waals surface area (Å²) in [5, 5.41) is 9.02. The number of hydrogen-bond donors (Lipinski definition) is 1. The van der Waals surface area contributed by atoms with Gasteiger partial charge in [-0.2, -0.15) is 0 Å². The van der Waals surface area contributed by atoms with E-state index >= 15 is 0 Å². The van der Waals surface area contributed by atoms with Crippen LogP contribution in [0.1, 0.15) is 65.7 Å². The molecule has 1 fully saturated rings. The molecule has 0 radical (unpaired) electrons. The summed E-state index contributed by atoms with van der Waals surface area (Å²) < 4.78 is 0. The summed E-state index contributed by atoms with van der Waals surface area (Å²) in [6, 6.07) is 6.56. The van der Waals surface area contributed by atoms with Crippen LogP contribution in [0, 0.1) is 0 Å². The van der Waals surface area contributed by atoms with E-state index in [2.05, 4.69) is 0 Å². The van der Waals surface area contributed by atoms with Crippen LogP contribution in [0.4, 0.5) is 0 Å². The van der Waals surface area contributed by atoms with Crippen LogP contribution in [0.5, 0.6) is 0 Å². The maximum Gasteiger partial charge on any atom is 0.335 e. The van der Waals surface area contributed by atoms with E-state index in [4.69, 9.17) is 5.11 Å². The second-order valence-corrected chi connectivity index (χ2v) is 5.80. The topological polar surface area (TPSA) is 57.6 Å². The Balaban J connectivity index is 2.10. The highest BCUT2D eigenvalue weighted by Gasteiger charge is 2.22. The molecule has 0 aliphatic heterocycles. The number of rotatable bonds is 3. The van der Waals surface area contributed by atoms with E-state index < -0.39 is 5.97 Å². The molecule has 114 valence electrons. The Morgan fingerprint density at radius 2 is 1.62 bits per heavy atom. The number of nitrogens with zero attached hydrogens (tertiary/aromatic N) is 1. The van der Waals surface area contributed by atoms with E-state index in [9.17, 15) is 9.59 Å². The first-order valence-corrected chi connectivity index (χ1v) is 7.70. The molecule has 0 saturated heterocycles. The highest BCUT2D eigenvalue weighted by molar-refractivity contribution is 5.97. The zero-order valence-corrected chi connectivity index (χ0v) is 12.5. The van der Waals surface area contributed by atoms with Crippen LogP contribution in [0.25, 0.3) is 0 Å². The van der Waals surface area contributed by atoms with Gasteiger partial charge in [-0.15, -0.1) is 0 Å². The van der Waals surface area contributed by atoms with Crippen LogP contribution in [0.3, 0.4) is 0 Å². The minimum atomic E-state index is -1.00. The van der Waals surface area contributed by atoms with Crippen molar-refractivity contribution >= 4 is 11.9 Å². The van der Waals surface area contributed by atoms with Gasteiger partial charge in [0.15, 0.2) is 0 Å². The largest absolute Gasteiger partial charge is 0.478 e. The van der Waals surface area contributed by atoms with Gasteiger partial charge in [-0.1, -0.05) is 38.2 Å². The number of carbonyl (C=O) groups is 2. The summed E-state index contributed by atoms with van der Waals surface area (Å²) in [7, 11) is 1.84. The smallest absolute Gasteiger partial charge is 0.335 e. The molecule has 4 heteroatoms. The minimum absolute atomic E-state index is 0.0799. The lowest BCUT2D eigenvalue weighted by Crippen LogP contribution is -2.37. The van der Waals surface area contributed by atoms with Crippen LogP contribution in [-0.2, 0) is 0 Å². The van der Waals surface area contributed by atoms with Crippen molar-refractivity contribution in [2.45, 2.75) is 51.0 Å². The maximum absolute atomic E-state index is 12.5. The second kappa shape index (κ2) is 7.25. The monoisotopic (exact) mass is 289 g/mol. The summed E-state index contributed by atoms with van der Waals surface area (Å²) in [5.74, 6) is -1.08. The first-order chi connectivity index (χ1) is 10.1. The summed E-state index contributed by atoms with van der Waals surface area (Å²) in [5.41, 5.74) is 0.617. The Hall–Kier alpha value is -1.84. The molecule has 1 aromatic carbocycles. The van der Waals surface area contributed by atoms with Crippen molar-refractivity contribution in [3.8, 4) is 0 Å². The number of carbonyl (C=O) groups excluding carboxylic acids is 1. The van der Waals surface area contributed by atoms with Gasteiger partial charge in [0.1, 0.15) is 0 Å². The number of amides is 1. The highest BCUT2D eigenvalue weighted by Crippen LogP contribution is 2.22. The second-order valence-electron chi connectivity index (χ2n) is 5.80. The Bertz CT molecular complexity index is 505. The Morgan fingerprint density at radius 3 is 2.24 bits per heavy atom. The lowest BCUT2D eigenvalue weighted by Gasteiger charge is -2.30. The van der Waals surface area contributed by atoms with Crippen molar-refractivity contribution < 1.29 is 14.7 Å². The van der Waals surface area contributed by atoms with Crippen molar-refractivity contribution in [3.05, 3.63) is 35.4 Å². The van der Waals surface area contributed by atoms with E-state index in [-0.39, 0.29) is 17.5 Å². The predicted molar refractivity (Wildman–Crippen MR) is 81.6 cm³/mol. The summed E-state index contributed by atoms with van der Waals surface area (Å²) >= 11 is 0. The number of benzene rings is 1. The minimum Gasteiger partial charge on any atom is -0.478 e. The summed E-state index contributed by atoms with van der Waals surface area (Å²) in [6.45, 7) is 0. The van der Waals surface area contributed by atoms with E-state index in [1.807, 2.05) is 7.05 Å². The van der Waals surface area contributed by atoms with Crippen LogP contribution < -0.4 is 0 Å². The van der Waals surface area contributed by atoms with Gasteiger partial charge < -0.3 is 10.0 Å². The first kappa shape index (κ1) is 15.5. The first-order valence-electron chi connectivity index (χ1n) is 7.70. The van der Waals surface area contributed by atoms with Crippen LogP contribution in [0.2, 0.25) is 0 Å². The van der Waals surface area contributed by atoms with Gasteiger partial charge in [0.25, 0.3) is 5.91 Å². The van der Waals surface area contributed by atoms with Gasteiger partial charge >= 0.3 is 5.97 Å². The van der Waals surface area contributed by atoms with E-state index in [0.717, 1.165) is 25.7 Å². The fourth-order valence-corrected chi connectivity index (χ4v) is 2.98. The Morgan fingerprint density at radius 1 is 1.05 bits per heavy atom. The quantitative estimate of drug-likeness (QED) is 0.925. The molecule has 1 saturated carbocycles. The van der Waals surface area contributed by atoms with Crippen molar-refractivity contribution in [1.82, 2.24) is 4.90 Å². The molecule has 21 heavy (non-hydrogen) atoms. The van der Waals surface area contributed by atoms with Crippen molar-refractivity contribution in [2.75, 3.05) is 7.05 Å². The molecule has 2 rings (SSSR count). The van der Waals surface area contributed by atoms with Crippen LogP contribution >= 0.6 is 0 Å². The molecule has 0 unspecified atom stereocenters. The average Bonchev–Trinajstić information content (AvgIpc) is 2.45. The molecule has 1 amide bonds. The molecule has 0 aromatic heterocycles. The molecule has 0 bridgehead atoms. The van der Waals surface area contributed by atoms with Gasteiger partial charge in [-0.3, -0.25) is 4.79 Å². The van der Waals surface area contributed by atoms with Gasteiger partial charge in [-0.25, -0.2) is 4.79 Å². The van der Waals surface area contributed by atoms with Gasteiger partial charge in [0.05, 0.1) is 5.56 Å². The van der Waals surface area contributed by atoms with Crippen molar-refractivity contribution in [3.63, 3.8) is 0 Å². The third-order valence-corrected chi connectivity index (χ3v) is 4.30. The number of aromatic carboxylic acids is 1. The summed E-state index contributed by atoms with van der Waals surface area (Å²) in [4.78, 5) is 25.4. The zero-order valence-electron chi connectivity index (χ0n) is 12.5. The fourth-order valence-electron chi connectivity index (χ4n) is 2.98. The fraction of sp³-hybridized carbons (Fsp3) is 0.529. The standard InChI is InChI=1S/C17H23NO3/c1-18(15-10-5-3-2-4-6-11-15)16(19)13-8-7-9-14(12-13)17(20)21/h7-9,12,15H,2-6,10-11H2,1H3,(H,20,21). The summed E-state index contributed by atoms with van der Waals surface area (Å²) in [6.07, 6.45) is 8.20. The van der Waals surface area contributed by atoms with Crippen molar-refractivity contribution in [2.24, 2.45) is 0 Å². The SMILES string of the molecule is CN(C(=O)c1cccc(C(=O)O)c1)C1CCCCCCC1. The van der Waals surface area contributed by atoms with Crippen LogP contribution in [-0.4, -0.2) is 35.0 Å². The third-order valence-electron chi connectivity index (χ3n) is 4.30. The Kier molecular flexibility index (Phi) is 5.37. The maximum atomic E-state index is 12.5. The normalized spacial score (nSPS) is 16.8. The highest BCUT2D eigenvalue weighted by atomic mass is 16.4. The molecule has 1 aromatic rings. The number of hydrogen-bond acceptors (Lipinski definition) is 2. The van der Waals surface area contributed by atoms with E-state index in [0.29, 0.717) is 5.56 Å². The molecular formula is C17H23NO3. The van der Waals surface area contributed by atoms with E-state index in [1.54, 1.807) is 17.0 Å². The average molecular weight is 289 g/mol. The molecule has 1 aliphatic carbocycles. The van der Waals surface area contributed by atoms with Gasteiger partial charge in [0, 0.05) is 18.7 Å². The number of carboxylic acid groups (broad SMARTS) is 1. The van der Waals surface area contributed by atoms with Crippen LogP contribution in [0.15, 0.2) is 24.3 Å². The molecule has 0 spiro atoms. The lowest BCUT2D eigenvalue weighted by molar-refractivity contribution is 0.0697. The predicted octanol–water partition coefficient (Wildman–Crippen LogP) is 3.57. The Labute approximate surface area is 125 Å². The zero-order chi connectivity index (χ0) is 15.2. The molecule has 0 atom stereocenters. The lowest BCUT2D eigenvalue weighted by atomic mass is 9.95. The van der Waals surface area contributed by atoms with E-state index in [1.165, 1.54) is 31.4 Å². The van der Waals surface area contributed by atoms with Gasteiger partial charge in [0.2, 0.25) is 0 Å². The molecule has 1 aliphatic rings. The molecule has 1 N–H and O–H groups in total. The molecule has 0 heterocycles.